The first-order chi connectivity index (χ1) is 35.3. The number of carbonyl (C=O) groups excluding carboxylic acids is 1. The molecule has 0 bridgehead atoms. The summed E-state index contributed by atoms with van der Waals surface area (Å²) < 4.78 is 11.3. The number of hydrogen-bond donors (Lipinski definition) is 6. The first-order valence-corrected chi connectivity index (χ1v) is 31.9. The number of amides is 1. The number of rotatable bonds is 56. The van der Waals surface area contributed by atoms with Crippen molar-refractivity contribution in [2.24, 2.45) is 0 Å². The maximum absolute atomic E-state index is 13.1. The second-order valence-electron chi connectivity index (χ2n) is 22.6. The molecule has 72 heavy (non-hydrogen) atoms. The summed E-state index contributed by atoms with van der Waals surface area (Å²) in [5.74, 6) is -0.140. The van der Waals surface area contributed by atoms with E-state index in [0.717, 1.165) is 38.5 Å². The number of ether oxygens (including phenoxy) is 2. The molecule has 1 saturated heterocycles. The average Bonchev–Trinajstić information content (AvgIpc) is 3.38. The Labute approximate surface area is 446 Å². The van der Waals surface area contributed by atoms with Gasteiger partial charge in [0, 0.05) is 6.42 Å². The molecule has 1 aliphatic heterocycles. The topological polar surface area (TPSA) is 149 Å². The van der Waals surface area contributed by atoms with Crippen LogP contribution < -0.4 is 5.32 Å². The van der Waals surface area contributed by atoms with Crippen molar-refractivity contribution in [2.45, 2.75) is 371 Å². The maximum Gasteiger partial charge on any atom is 0.220 e. The molecule has 7 unspecified atom stereocenters. The minimum absolute atomic E-state index is 0.134. The lowest BCUT2D eigenvalue weighted by Gasteiger charge is -2.40. The number of nitrogens with one attached hydrogen (secondary N) is 1. The molecule has 0 spiro atoms. The van der Waals surface area contributed by atoms with E-state index in [0.29, 0.717) is 12.8 Å². The molecule has 0 aliphatic carbocycles. The maximum atomic E-state index is 13.1. The summed E-state index contributed by atoms with van der Waals surface area (Å²) in [4.78, 5) is 13.1. The van der Waals surface area contributed by atoms with Crippen LogP contribution in [0.5, 0.6) is 0 Å². The van der Waals surface area contributed by atoms with E-state index < -0.39 is 49.5 Å². The van der Waals surface area contributed by atoms with Crippen LogP contribution in [-0.2, 0) is 14.3 Å². The number of aliphatic hydroxyl groups is 5. The first-order valence-electron chi connectivity index (χ1n) is 31.9. The van der Waals surface area contributed by atoms with E-state index >= 15 is 0 Å². The largest absolute Gasteiger partial charge is 0.394 e. The Morgan fingerprint density at radius 1 is 0.458 bits per heavy atom. The van der Waals surface area contributed by atoms with Crippen molar-refractivity contribution in [3.05, 3.63) is 12.2 Å². The van der Waals surface area contributed by atoms with Crippen molar-refractivity contribution < 1.29 is 39.8 Å². The fourth-order valence-corrected chi connectivity index (χ4v) is 10.6. The van der Waals surface area contributed by atoms with Gasteiger partial charge in [0.05, 0.1) is 25.4 Å². The zero-order valence-electron chi connectivity index (χ0n) is 47.7. The van der Waals surface area contributed by atoms with E-state index in [9.17, 15) is 30.3 Å². The molecule has 0 radical (unpaired) electrons. The highest BCUT2D eigenvalue weighted by Crippen LogP contribution is 2.24. The predicted molar refractivity (Wildman–Crippen MR) is 304 cm³/mol. The monoisotopic (exact) mass is 1020 g/mol. The fraction of sp³-hybridized carbons (Fsp3) is 0.952. The van der Waals surface area contributed by atoms with Crippen LogP contribution in [0.15, 0.2) is 12.2 Å². The lowest BCUT2D eigenvalue weighted by atomic mass is 9.99. The zero-order chi connectivity index (χ0) is 52.2. The van der Waals surface area contributed by atoms with Crippen LogP contribution in [0.3, 0.4) is 0 Å². The molecule has 1 amide bonds. The first kappa shape index (κ1) is 68.9. The molecule has 7 atom stereocenters. The Morgan fingerprint density at radius 3 is 1.12 bits per heavy atom. The van der Waals surface area contributed by atoms with E-state index in [2.05, 4.69) is 31.3 Å². The fourth-order valence-electron chi connectivity index (χ4n) is 10.6. The minimum Gasteiger partial charge on any atom is -0.394 e. The van der Waals surface area contributed by atoms with Crippen molar-refractivity contribution in [3.63, 3.8) is 0 Å². The van der Waals surface area contributed by atoms with Crippen LogP contribution in [0, 0.1) is 0 Å². The van der Waals surface area contributed by atoms with Crippen molar-refractivity contribution >= 4 is 5.91 Å². The Bertz CT molecular complexity index is 1140. The number of allylic oxidation sites excluding steroid dienone is 2. The van der Waals surface area contributed by atoms with E-state index in [1.165, 1.54) is 263 Å². The summed E-state index contributed by atoms with van der Waals surface area (Å²) in [6, 6.07) is -0.718. The van der Waals surface area contributed by atoms with Gasteiger partial charge in [-0.3, -0.25) is 4.79 Å². The van der Waals surface area contributed by atoms with Crippen molar-refractivity contribution in [2.75, 3.05) is 13.2 Å². The SMILES string of the molecule is CCCCCCCCCCCCCC/C=C\CCCCCCCCCCCC(=O)NC(COC1OC(CO)C(O)C(O)C1O)C(O)CCCCCCCCCCCCCCCCCCCCCCCCCC. The Hall–Kier alpha value is -1.07. The summed E-state index contributed by atoms with van der Waals surface area (Å²) in [5.41, 5.74) is 0. The summed E-state index contributed by atoms with van der Waals surface area (Å²) >= 11 is 0. The van der Waals surface area contributed by atoms with Crippen LogP contribution in [0.4, 0.5) is 0 Å². The van der Waals surface area contributed by atoms with Crippen LogP contribution in [0.25, 0.3) is 0 Å². The lowest BCUT2D eigenvalue weighted by molar-refractivity contribution is -0.302. The Kier molecular flexibility index (Phi) is 51.1. The van der Waals surface area contributed by atoms with Crippen molar-refractivity contribution in [1.29, 1.82) is 0 Å². The van der Waals surface area contributed by atoms with E-state index in [-0.39, 0.29) is 12.5 Å². The molecule has 0 saturated carbocycles. The average molecular weight is 1020 g/mol. The second-order valence-corrected chi connectivity index (χ2v) is 22.6. The third-order valence-electron chi connectivity index (χ3n) is 15.6. The Balaban J connectivity index is 2.16. The highest BCUT2D eigenvalue weighted by Gasteiger charge is 2.44. The van der Waals surface area contributed by atoms with Gasteiger partial charge in [-0.25, -0.2) is 0 Å². The summed E-state index contributed by atoms with van der Waals surface area (Å²) in [6.07, 6.45) is 59.7. The number of carbonyl (C=O) groups is 1. The van der Waals surface area contributed by atoms with E-state index in [1.807, 2.05) is 0 Å². The molecule has 6 N–H and O–H groups in total. The molecular weight excluding hydrogens is 899 g/mol. The standard InChI is InChI=1S/C63H123NO8/c1-3-5-7-9-11-13-15-17-19-21-23-25-27-29-31-33-35-37-39-41-43-45-47-49-51-53-59(67)64-56(55-71-63-62(70)61(69)60(68)58(54-65)72-63)57(66)52-50-48-46-44-42-40-38-36-34-32-30-28-26-24-22-20-18-16-14-12-10-8-6-4-2/h29,31,56-58,60-63,65-66,68-70H,3-28,30,32-55H2,1-2H3,(H,64,67)/b31-29-. The zero-order valence-corrected chi connectivity index (χ0v) is 47.7. The molecule has 1 fully saturated rings. The molecular formula is C63H123NO8. The van der Waals surface area contributed by atoms with Gasteiger partial charge in [0.25, 0.3) is 0 Å². The Morgan fingerprint density at radius 2 is 0.778 bits per heavy atom. The van der Waals surface area contributed by atoms with E-state index in [4.69, 9.17) is 9.47 Å². The molecule has 9 heteroatoms. The van der Waals surface area contributed by atoms with Gasteiger partial charge in [0.15, 0.2) is 6.29 Å². The van der Waals surface area contributed by atoms with Gasteiger partial charge in [-0.15, -0.1) is 0 Å². The van der Waals surface area contributed by atoms with Gasteiger partial charge < -0.3 is 40.3 Å². The molecule has 1 aliphatic rings. The van der Waals surface area contributed by atoms with Crippen LogP contribution in [-0.4, -0.2) is 87.5 Å². The van der Waals surface area contributed by atoms with E-state index in [1.54, 1.807) is 0 Å². The molecule has 428 valence electrons. The summed E-state index contributed by atoms with van der Waals surface area (Å²) in [5, 5.41) is 54.8. The predicted octanol–water partition coefficient (Wildman–Crippen LogP) is 16.4. The normalized spacial score (nSPS) is 19.1. The van der Waals surface area contributed by atoms with Crippen molar-refractivity contribution in [3.8, 4) is 0 Å². The van der Waals surface area contributed by atoms with Crippen molar-refractivity contribution in [1.82, 2.24) is 5.32 Å². The van der Waals surface area contributed by atoms with Crippen LogP contribution in [0.1, 0.15) is 328 Å². The van der Waals surface area contributed by atoms with Gasteiger partial charge in [-0.05, 0) is 38.5 Å². The molecule has 0 aromatic rings. The van der Waals surface area contributed by atoms with Gasteiger partial charge in [-0.1, -0.05) is 296 Å². The molecule has 1 rings (SSSR count). The lowest BCUT2D eigenvalue weighted by Crippen LogP contribution is -2.60. The van der Waals surface area contributed by atoms with Crippen LogP contribution >= 0.6 is 0 Å². The highest BCUT2D eigenvalue weighted by molar-refractivity contribution is 5.76. The number of aliphatic hydroxyl groups excluding tert-OH is 5. The summed E-state index contributed by atoms with van der Waals surface area (Å²) in [7, 11) is 0. The molecule has 1 heterocycles. The third-order valence-corrected chi connectivity index (χ3v) is 15.6. The second kappa shape index (κ2) is 53.3. The quantitative estimate of drug-likeness (QED) is 0.0261. The smallest absolute Gasteiger partial charge is 0.220 e. The van der Waals surface area contributed by atoms with Crippen LogP contribution in [0.2, 0.25) is 0 Å². The number of hydrogen-bond acceptors (Lipinski definition) is 8. The van der Waals surface area contributed by atoms with Gasteiger partial charge in [0.1, 0.15) is 24.4 Å². The van der Waals surface area contributed by atoms with Gasteiger partial charge >= 0.3 is 0 Å². The highest BCUT2D eigenvalue weighted by atomic mass is 16.7. The number of unbranched alkanes of at least 4 members (excludes halogenated alkanes) is 44. The molecule has 0 aromatic heterocycles. The third kappa shape index (κ3) is 42.1. The molecule has 0 aromatic carbocycles. The van der Waals surface area contributed by atoms with Gasteiger partial charge in [-0.2, -0.15) is 0 Å². The molecule has 9 nitrogen and oxygen atoms in total. The summed E-state index contributed by atoms with van der Waals surface area (Å²) in [6.45, 7) is 3.89. The van der Waals surface area contributed by atoms with Gasteiger partial charge in [0.2, 0.25) is 5.91 Å². The minimum atomic E-state index is -1.55.